The summed E-state index contributed by atoms with van der Waals surface area (Å²) in [7, 11) is 3.31. The number of fused-ring (bicyclic) bond motifs is 1. The van der Waals surface area contributed by atoms with Gasteiger partial charge in [-0.25, -0.2) is 0 Å². The van der Waals surface area contributed by atoms with Crippen LogP contribution in [0.3, 0.4) is 0 Å². The molecule has 3 nitrogen and oxygen atoms in total. The van der Waals surface area contributed by atoms with Crippen molar-refractivity contribution in [2.75, 3.05) is 14.2 Å². The minimum Gasteiger partial charge on any atom is -0.497 e. The summed E-state index contributed by atoms with van der Waals surface area (Å²) in [5.41, 5.74) is 3.40. The van der Waals surface area contributed by atoms with E-state index in [1.54, 1.807) is 14.2 Å². The Hall–Kier alpha value is -1.69. The molecule has 1 aliphatic rings. The maximum absolute atomic E-state index is 5.88. The van der Waals surface area contributed by atoms with Crippen molar-refractivity contribution in [3.8, 4) is 11.5 Å². The second kappa shape index (κ2) is 5.97. The molecule has 3 rings (SSSR count). The second-order valence-electron chi connectivity index (χ2n) is 4.69. The van der Waals surface area contributed by atoms with Gasteiger partial charge in [0.2, 0.25) is 0 Å². The zero-order valence-corrected chi connectivity index (χ0v) is 14.0. The van der Waals surface area contributed by atoms with Gasteiger partial charge in [-0.1, -0.05) is 24.3 Å². The summed E-state index contributed by atoms with van der Waals surface area (Å²) in [6.07, 6.45) is 0. The Bertz CT molecular complexity index is 685. The molecule has 4 heteroatoms. The van der Waals surface area contributed by atoms with Gasteiger partial charge in [-0.15, -0.1) is 0 Å². The molecule has 0 atom stereocenters. The molecule has 0 fully saturated rings. The average molecular weight is 394 g/mol. The molecule has 0 unspecified atom stereocenters. The molecule has 1 heterocycles. The molecule has 2 aromatic carbocycles. The fourth-order valence-electron chi connectivity index (χ4n) is 2.34. The Morgan fingerprint density at radius 2 is 1.71 bits per heavy atom. The first-order chi connectivity index (χ1) is 10.2. The fourth-order valence-corrected chi connectivity index (χ4v) is 3.10. The minimum atomic E-state index is 0.624. The van der Waals surface area contributed by atoms with Crippen molar-refractivity contribution in [1.29, 1.82) is 0 Å². The van der Waals surface area contributed by atoms with E-state index < -0.39 is 0 Å². The van der Waals surface area contributed by atoms with E-state index in [0.29, 0.717) is 6.61 Å². The largest absolute Gasteiger partial charge is 0.497 e. The molecular formula is C17H15IO3. The van der Waals surface area contributed by atoms with Crippen LogP contribution in [0.25, 0.3) is 9.34 Å². The summed E-state index contributed by atoms with van der Waals surface area (Å²) in [5, 5.41) is 0. The monoisotopic (exact) mass is 394 g/mol. The highest BCUT2D eigenvalue weighted by atomic mass is 127. The highest BCUT2D eigenvalue weighted by Crippen LogP contribution is 2.40. The first-order valence-corrected chi connectivity index (χ1v) is 7.65. The molecule has 1 aliphatic heterocycles. The number of ether oxygens (including phenoxy) is 3. The SMILES string of the molecule is COc1cc(OC)cc(/C(I)=C2/OCc3ccccc32)c1. The summed E-state index contributed by atoms with van der Waals surface area (Å²) >= 11 is 2.32. The highest BCUT2D eigenvalue weighted by Gasteiger charge is 2.21. The summed E-state index contributed by atoms with van der Waals surface area (Å²) in [5.74, 6) is 2.46. The van der Waals surface area contributed by atoms with Crippen LogP contribution in [-0.2, 0) is 11.3 Å². The Kier molecular flexibility index (Phi) is 4.05. The van der Waals surface area contributed by atoms with Gasteiger partial charge in [-0.05, 0) is 40.3 Å². The van der Waals surface area contributed by atoms with Crippen molar-refractivity contribution < 1.29 is 14.2 Å². The molecule has 108 valence electrons. The van der Waals surface area contributed by atoms with Crippen LogP contribution in [0.5, 0.6) is 11.5 Å². The zero-order chi connectivity index (χ0) is 14.8. The Balaban J connectivity index is 2.10. The van der Waals surface area contributed by atoms with E-state index in [4.69, 9.17) is 14.2 Å². The lowest BCUT2D eigenvalue weighted by Gasteiger charge is -2.10. The van der Waals surface area contributed by atoms with Gasteiger partial charge in [-0.3, -0.25) is 0 Å². The van der Waals surface area contributed by atoms with Crippen LogP contribution in [0.1, 0.15) is 16.7 Å². The van der Waals surface area contributed by atoms with E-state index in [2.05, 4.69) is 34.7 Å². The summed E-state index contributed by atoms with van der Waals surface area (Å²) < 4.78 is 17.6. The van der Waals surface area contributed by atoms with Crippen molar-refractivity contribution in [1.82, 2.24) is 0 Å². The van der Waals surface area contributed by atoms with Crippen LogP contribution in [0.15, 0.2) is 42.5 Å². The van der Waals surface area contributed by atoms with E-state index in [1.165, 1.54) is 5.56 Å². The third-order valence-electron chi connectivity index (χ3n) is 3.44. The van der Waals surface area contributed by atoms with Crippen LogP contribution < -0.4 is 9.47 Å². The molecule has 0 N–H and O–H groups in total. The summed E-state index contributed by atoms with van der Waals surface area (Å²) in [6, 6.07) is 14.1. The van der Waals surface area contributed by atoms with Crippen LogP contribution >= 0.6 is 22.6 Å². The number of halogens is 1. The molecular weight excluding hydrogens is 379 g/mol. The van der Waals surface area contributed by atoms with Crippen LogP contribution in [0, 0.1) is 0 Å². The van der Waals surface area contributed by atoms with Gasteiger partial charge in [-0.2, -0.15) is 0 Å². The molecule has 0 saturated heterocycles. The molecule has 0 spiro atoms. The topological polar surface area (TPSA) is 27.7 Å². The predicted octanol–water partition coefficient (Wildman–Crippen LogP) is 4.49. The molecule has 0 aliphatic carbocycles. The Morgan fingerprint density at radius 3 is 2.38 bits per heavy atom. The van der Waals surface area contributed by atoms with Gasteiger partial charge >= 0.3 is 0 Å². The summed E-state index contributed by atoms with van der Waals surface area (Å²) in [6.45, 7) is 0.624. The van der Waals surface area contributed by atoms with Crippen molar-refractivity contribution in [2.45, 2.75) is 6.61 Å². The van der Waals surface area contributed by atoms with Gasteiger partial charge in [0, 0.05) is 17.2 Å². The molecule has 0 aromatic heterocycles. The van der Waals surface area contributed by atoms with Crippen LogP contribution in [0.2, 0.25) is 0 Å². The lowest BCUT2D eigenvalue weighted by atomic mass is 10.1. The first kappa shape index (κ1) is 14.3. The molecule has 0 amide bonds. The van der Waals surface area contributed by atoms with Gasteiger partial charge in [0.1, 0.15) is 23.9 Å². The number of methoxy groups -OCH3 is 2. The fraction of sp³-hybridized carbons (Fsp3) is 0.176. The first-order valence-electron chi connectivity index (χ1n) is 6.57. The van der Waals surface area contributed by atoms with Gasteiger partial charge in [0.15, 0.2) is 0 Å². The lowest BCUT2D eigenvalue weighted by Crippen LogP contribution is -1.91. The van der Waals surface area contributed by atoms with E-state index >= 15 is 0 Å². The van der Waals surface area contributed by atoms with Gasteiger partial charge < -0.3 is 14.2 Å². The third-order valence-corrected chi connectivity index (χ3v) is 4.55. The Labute approximate surface area is 137 Å². The molecule has 21 heavy (non-hydrogen) atoms. The normalized spacial score (nSPS) is 15.2. The van der Waals surface area contributed by atoms with Gasteiger partial charge in [0.25, 0.3) is 0 Å². The van der Waals surface area contributed by atoms with E-state index in [1.807, 2.05) is 30.3 Å². The summed E-state index contributed by atoms with van der Waals surface area (Å²) in [4.78, 5) is 0. The predicted molar refractivity (Wildman–Crippen MR) is 91.6 cm³/mol. The van der Waals surface area contributed by atoms with Crippen molar-refractivity contribution in [2.24, 2.45) is 0 Å². The van der Waals surface area contributed by atoms with Crippen molar-refractivity contribution in [3.63, 3.8) is 0 Å². The lowest BCUT2D eigenvalue weighted by molar-refractivity contribution is 0.287. The van der Waals surface area contributed by atoms with Crippen LogP contribution in [0.4, 0.5) is 0 Å². The van der Waals surface area contributed by atoms with Gasteiger partial charge in [0.05, 0.1) is 17.8 Å². The maximum atomic E-state index is 5.88. The van der Waals surface area contributed by atoms with E-state index in [-0.39, 0.29) is 0 Å². The van der Waals surface area contributed by atoms with Crippen molar-refractivity contribution in [3.05, 3.63) is 59.2 Å². The molecule has 0 radical (unpaired) electrons. The van der Waals surface area contributed by atoms with E-state index in [9.17, 15) is 0 Å². The Morgan fingerprint density at radius 1 is 1.05 bits per heavy atom. The minimum absolute atomic E-state index is 0.624. The maximum Gasteiger partial charge on any atom is 0.141 e. The molecule has 2 aromatic rings. The highest BCUT2D eigenvalue weighted by molar-refractivity contribution is 14.1. The number of benzene rings is 2. The number of hydrogen-bond donors (Lipinski definition) is 0. The van der Waals surface area contributed by atoms with Crippen LogP contribution in [-0.4, -0.2) is 14.2 Å². The standard InChI is InChI=1S/C17H15IO3/c1-19-13-7-12(8-14(9-13)20-2)16(18)17-15-6-4-3-5-11(15)10-21-17/h3-9H,10H2,1-2H3/b17-16-. The molecule has 0 bridgehead atoms. The average Bonchev–Trinajstić information content (AvgIpc) is 2.97. The van der Waals surface area contributed by atoms with Crippen molar-refractivity contribution >= 4 is 31.9 Å². The number of rotatable bonds is 3. The smallest absolute Gasteiger partial charge is 0.141 e. The quantitative estimate of drug-likeness (QED) is 0.718. The molecule has 0 saturated carbocycles. The van der Waals surface area contributed by atoms with E-state index in [0.717, 1.165) is 32.0 Å². The number of hydrogen-bond acceptors (Lipinski definition) is 3. The third kappa shape index (κ3) is 2.72. The second-order valence-corrected chi connectivity index (χ2v) is 5.77. The zero-order valence-electron chi connectivity index (χ0n) is 11.9.